The highest BCUT2D eigenvalue weighted by atomic mass is 19.4. The summed E-state index contributed by atoms with van der Waals surface area (Å²) in [4.78, 5) is 11.7. The van der Waals surface area contributed by atoms with E-state index in [1.54, 1.807) is 0 Å². The Balaban J connectivity index is 2.54. The van der Waals surface area contributed by atoms with Crippen LogP contribution in [0.5, 0.6) is 0 Å². The van der Waals surface area contributed by atoms with Crippen molar-refractivity contribution in [3.63, 3.8) is 0 Å². The number of aromatic nitrogens is 2. The van der Waals surface area contributed by atoms with Gasteiger partial charge in [-0.3, -0.25) is 4.79 Å². The zero-order valence-corrected chi connectivity index (χ0v) is 10.4. The van der Waals surface area contributed by atoms with Crippen molar-refractivity contribution in [2.24, 2.45) is 0 Å². The molecule has 0 aliphatic carbocycles. The average molecular weight is 284 g/mol. The molecule has 106 valence electrons. The average Bonchev–Trinajstić information content (AvgIpc) is 2.87. The molecule has 0 bridgehead atoms. The molecule has 20 heavy (non-hydrogen) atoms. The van der Waals surface area contributed by atoms with Gasteiger partial charge in [0.25, 0.3) is 5.91 Å². The number of nitrogens with two attached hydrogens (primary N) is 1. The number of alkyl halides is 3. The topological polar surface area (TPSA) is 72.9 Å². The van der Waals surface area contributed by atoms with Crippen LogP contribution in [0.25, 0.3) is 5.69 Å². The molecule has 0 aliphatic heterocycles. The number of amides is 1. The minimum atomic E-state index is -4.49. The molecule has 0 atom stereocenters. The summed E-state index contributed by atoms with van der Waals surface area (Å²) in [5.74, 6) is -0.441. The molecule has 0 spiro atoms. The fourth-order valence-corrected chi connectivity index (χ4v) is 1.67. The Morgan fingerprint density at radius 2 is 2.10 bits per heavy atom. The number of halogens is 3. The normalized spacial score (nSPS) is 11.4. The van der Waals surface area contributed by atoms with Crippen molar-refractivity contribution in [3.05, 3.63) is 41.7 Å². The third kappa shape index (κ3) is 2.58. The Morgan fingerprint density at radius 3 is 2.65 bits per heavy atom. The molecule has 3 N–H and O–H groups in total. The second-order valence-corrected chi connectivity index (χ2v) is 4.03. The van der Waals surface area contributed by atoms with Crippen molar-refractivity contribution in [2.75, 3.05) is 12.8 Å². The lowest BCUT2D eigenvalue weighted by Crippen LogP contribution is -2.20. The number of nitrogens with zero attached hydrogens (tertiary/aromatic N) is 2. The lowest BCUT2D eigenvalue weighted by Gasteiger charge is -2.09. The first-order chi connectivity index (χ1) is 9.32. The van der Waals surface area contributed by atoms with Crippen LogP contribution in [0.15, 0.2) is 30.6 Å². The summed E-state index contributed by atoms with van der Waals surface area (Å²) in [7, 11) is 1.42. The van der Waals surface area contributed by atoms with Gasteiger partial charge in [-0.1, -0.05) is 0 Å². The van der Waals surface area contributed by atoms with E-state index >= 15 is 0 Å². The molecule has 1 heterocycles. The van der Waals surface area contributed by atoms with Gasteiger partial charge in [-0.05, 0) is 18.2 Å². The number of nitrogen functional groups attached to an aromatic ring is 1. The minimum Gasteiger partial charge on any atom is -0.399 e. The Labute approximate surface area is 112 Å². The number of hydrogen-bond acceptors (Lipinski definition) is 3. The van der Waals surface area contributed by atoms with Gasteiger partial charge in [0.05, 0.1) is 23.0 Å². The van der Waals surface area contributed by atoms with E-state index in [2.05, 4.69) is 10.4 Å². The zero-order chi connectivity index (χ0) is 14.9. The van der Waals surface area contributed by atoms with Gasteiger partial charge < -0.3 is 11.1 Å². The molecule has 0 aliphatic rings. The van der Waals surface area contributed by atoms with E-state index in [-0.39, 0.29) is 11.3 Å². The quantitative estimate of drug-likeness (QED) is 0.826. The van der Waals surface area contributed by atoms with Gasteiger partial charge in [-0.2, -0.15) is 18.3 Å². The molecule has 2 aromatic rings. The highest BCUT2D eigenvalue weighted by Crippen LogP contribution is 2.29. The molecule has 0 fully saturated rings. The van der Waals surface area contributed by atoms with Crippen LogP contribution in [-0.2, 0) is 6.18 Å². The number of carbonyl (C=O) groups excluding carboxylic acids is 1. The smallest absolute Gasteiger partial charge is 0.399 e. The molecule has 1 amide bonds. The Kier molecular flexibility index (Phi) is 3.39. The molecule has 1 aromatic heterocycles. The van der Waals surface area contributed by atoms with Crippen molar-refractivity contribution in [1.29, 1.82) is 0 Å². The Hall–Kier alpha value is -2.51. The van der Waals surface area contributed by atoms with Crippen LogP contribution >= 0.6 is 0 Å². The molecule has 0 unspecified atom stereocenters. The fourth-order valence-electron chi connectivity index (χ4n) is 1.67. The first-order valence-electron chi connectivity index (χ1n) is 5.57. The number of benzene rings is 1. The van der Waals surface area contributed by atoms with Gasteiger partial charge in [-0.15, -0.1) is 0 Å². The van der Waals surface area contributed by atoms with Crippen LogP contribution in [0.1, 0.15) is 15.9 Å². The van der Waals surface area contributed by atoms with E-state index in [9.17, 15) is 18.0 Å². The predicted molar refractivity (Wildman–Crippen MR) is 66.4 cm³/mol. The monoisotopic (exact) mass is 284 g/mol. The number of carbonyl (C=O) groups is 1. The maximum Gasteiger partial charge on any atom is 0.419 e. The maximum absolute atomic E-state index is 12.6. The van der Waals surface area contributed by atoms with E-state index in [1.807, 2.05) is 0 Å². The van der Waals surface area contributed by atoms with Gasteiger partial charge in [0.2, 0.25) is 0 Å². The van der Waals surface area contributed by atoms with Crippen molar-refractivity contribution in [3.8, 4) is 5.69 Å². The molecule has 5 nitrogen and oxygen atoms in total. The molecule has 1 aromatic carbocycles. The van der Waals surface area contributed by atoms with Crippen LogP contribution in [0.4, 0.5) is 18.9 Å². The summed E-state index contributed by atoms with van der Waals surface area (Å²) < 4.78 is 38.7. The highest BCUT2D eigenvalue weighted by molar-refractivity contribution is 5.98. The van der Waals surface area contributed by atoms with Crippen molar-refractivity contribution in [2.45, 2.75) is 6.18 Å². The molecular weight excluding hydrogens is 273 g/mol. The maximum atomic E-state index is 12.6. The second kappa shape index (κ2) is 4.87. The molecule has 0 saturated heterocycles. The van der Waals surface area contributed by atoms with Crippen LogP contribution in [0.3, 0.4) is 0 Å². The highest BCUT2D eigenvalue weighted by Gasteiger charge is 2.32. The second-order valence-electron chi connectivity index (χ2n) is 4.03. The van der Waals surface area contributed by atoms with E-state index in [0.717, 1.165) is 10.9 Å². The largest absolute Gasteiger partial charge is 0.419 e. The predicted octanol–water partition coefficient (Wildman–Crippen LogP) is 1.83. The summed E-state index contributed by atoms with van der Waals surface area (Å²) in [6.07, 6.45) is -3.00. The Morgan fingerprint density at radius 1 is 1.40 bits per heavy atom. The molecular formula is C12H11F3N4O. The standard InChI is InChI=1S/C12H11F3N4O/c1-17-11(20)9-3-2-8(16)4-10(9)19-6-7(5-18-19)12(13,14)15/h2-6H,16H2,1H3,(H,17,20). The van der Waals surface area contributed by atoms with Gasteiger partial charge in [0.15, 0.2) is 0 Å². The number of rotatable bonds is 2. The SMILES string of the molecule is CNC(=O)c1ccc(N)cc1-n1cc(C(F)(F)F)cn1. The first kappa shape index (κ1) is 13.9. The third-order valence-corrected chi connectivity index (χ3v) is 2.65. The van der Waals surface area contributed by atoms with E-state index < -0.39 is 17.6 Å². The number of nitrogens with one attached hydrogen (secondary N) is 1. The first-order valence-corrected chi connectivity index (χ1v) is 5.57. The lowest BCUT2D eigenvalue weighted by molar-refractivity contribution is -0.137. The summed E-state index contributed by atoms with van der Waals surface area (Å²) >= 11 is 0. The van der Waals surface area contributed by atoms with Gasteiger partial charge in [0, 0.05) is 18.9 Å². The Bertz CT molecular complexity index is 648. The third-order valence-electron chi connectivity index (χ3n) is 2.65. The summed E-state index contributed by atoms with van der Waals surface area (Å²) in [6, 6.07) is 4.30. The number of anilines is 1. The van der Waals surface area contributed by atoms with Crippen molar-refractivity contribution in [1.82, 2.24) is 15.1 Å². The zero-order valence-electron chi connectivity index (χ0n) is 10.4. The van der Waals surface area contributed by atoms with E-state index in [4.69, 9.17) is 5.73 Å². The van der Waals surface area contributed by atoms with Crippen LogP contribution in [0.2, 0.25) is 0 Å². The van der Waals surface area contributed by atoms with Crippen LogP contribution in [-0.4, -0.2) is 22.7 Å². The van der Waals surface area contributed by atoms with Gasteiger partial charge in [-0.25, -0.2) is 4.68 Å². The van der Waals surface area contributed by atoms with Crippen molar-refractivity contribution < 1.29 is 18.0 Å². The molecule has 0 radical (unpaired) electrons. The molecule has 8 heteroatoms. The van der Waals surface area contributed by atoms with Crippen LogP contribution < -0.4 is 11.1 Å². The fraction of sp³-hybridized carbons (Fsp3) is 0.167. The number of hydrogen-bond donors (Lipinski definition) is 2. The van der Waals surface area contributed by atoms with E-state index in [0.29, 0.717) is 11.9 Å². The lowest BCUT2D eigenvalue weighted by atomic mass is 10.1. The minimum absolute atomic E-state index is 0.179. The molecule has 2 rings (SSSR count). The van der Waals surface area contributed by atoms with Crippen LogP contribution in [0, 0.1) is 0 Å². The summed E-state index contributed by atoms with van der Waals surface area (Å²) in [5, 5.41) is 6.04. The summed E-state index contributed by atoms with van der Waals surface area (Å²) in [6.45, 7) is 0. The van der Waals surface area contributed by atoms with Gasteiger partial charge in [0.1, 0.15) is 0 Å². The van der Waals surface area contributed by atoms with E-state index in [1.165, 1.54) is 25.2 Å². The van der Waals surface area contributed by atoms with Gasteiger partial charge >= 0.3 is 6.18 Å². The summed E-state index contributed by atoms with van der Waals surface area (Å²) in [5.41, 5.74) is 5.38. The molecule has 0 saturated carbocycles. The van der Waals surface area contributed by atoms with Crippen molar-refractivity contribution >= 4 is 11.6 Å².